The molecule has 4 N–H and O–H groups in total. The number of amides is 3. The summed E-state index contributed by atoms with van der Waals surface area (Å²) in [6.07, 6.45) is 11.6. The number of allylic oxidation sites excluding steroid dienone is 1. The minimum atomic E-state index is -0.890. The summed E-state index contributed by atoms with van der Waals surface area (Å²) in [5.74, 6) is -0.285. The van der Waals surface area contributed by atoms with E-state index in [-0.39, 0.29) is 36.9 Å². The number of benzene rings is 1. The first-order chi connectivity index (χ1) is 24.6. The van der Waals surface area contributed by atoms with Gasteiger partial charge in [0.2, 0.25) is 11.8 Å². The van der Waals surface area contributed by atoms with E-state index in [0.717, 1.165) is 47.2 Å². The van der Waals surface area contributed by atoms with Gasteiger partial charge in [0, 0.05) is 48.6 Å². The van der Waals surface area contributed by atoms with Crippen molar-refractivity contribution >= 4 is 50.3 Å². The zero-order chi connectivity index (χ0) is 36.1. The minimum absolute atomic E-state index is 0.0206. The second-order valence-corrected chi connectivity index (χ2v) is 13.7. The van der Waals surface area contributed by atoms with Crippen LogP contribution in [0.4, 0.5) is 5.82 Å². The molecule has 1 aromatic carbocycles. The fourth-order valence-corrected chi connectivity index (χ4v) is 7.69. The summed E-state index contributed by atoms with van der Waals surface area (Å²) >= 11 is 0. The van der Waals surface area contributed by atoms with Crippen molar-refractivity contribution in [3.8, 4) is 0 Å². The van der Waals surface area contributed by atoms with E-state index in [4.69, 9.17) is 0 Å². The molecule has 1 fully saturated rings. The average Bonchev–Trinajstić information content (AvgIpc) is 3.64. The number of fused-ring (bicyclic) bond motifs is 3. The molecule has 1 spiro atoms. The van der Waals surface area contributed by atoms with Crippen molar-refractivity contribution in [1.82, 2.24) is 24.9 Å². The number of nitrogens with zero attached hydrogens (tertiary/aromatic N) is 4. The van der Waals surface area contributed by atoms with Gasteiger partial charge in [-0.3, -0.25) is 19.4 Å². The molecule has 3 aliphatic rings. The number of piperidine rings is 1. The zero-order valence-corrected chi connectivity index (χ0v) is 29.0. The van der Waals surface area contributed by atoms with Crippen LogP contribution in [0.2, 0.25) is 6.82 Å². The van der Waals surface area contributed by atoms with Crippen LogP contribution in [-0.2, 0) is 32.6 Å². The zero-order valence-electron chi connectivity index (χ0n) is 29.0. The summed E-state index contributed by atoms with van der Waals surface area (Å²) in [7, 11) is 0.629. The number of carbonyl (C=O) groups excluding carboxylic acids is 4. The van der Waals surface area contributed by atoms with Crippen LogP contribution in [0, 0.1) is 0 Å². The maximum Gasteiger partial charge on any atom is 0.364 e. The van der Waals surface area contributed by atoms with E-state index < -0.39 is 24.4 Å². The van der Waals surface area contributed by atoms with Gasteiger partial charge in [0.15, 0.2) is 0 Å². The van der Waals surface area contributed by atoms with E-state index >= 15 is 0 Å². The Labute approximate surface area is 299 Å². The van der Waals surface area contributed by atoms with Gasteiger partial charge in [-0.05, 0) is 81.2 Å². The number of hydrogen-bond acceptors (Lipinski definition) is 9. The van der Waals surface area contributed by atoms with Gasteiger partial charge in [0.1, 0.15) is 11.9 Å². The number of carbonyl (C=O) groups is 4. The van der Waals surface area contributed by atoms with Gasteiger partial charge in [-0.25, -0.2) is 4.98 Å². The Morgan fingerprint density at radius 1 is 1.18 bits per heavy atom. The van der Waals surface area contributed by atoms with Crippen molar-refractivity contribution in [3.63, 3.8) is 0 Å². The molecule has 0 saturated carbocycles. The molecule has 6 rings (SSSR count). The quantitative estimate of drug-likeness (QED) is 0.113. The Hall–Kier alpha value is -4.65. The first kappa shape index (κ1) is 36.2. The van der Waals surface area contributed by atoms with Crippen molar-refractivity contribution in [1.29, 1.82) is 0 Å². The Bertz CT molecular complexity index is 1810. The Kier molecular flexibility index (Phi) is 11.1. The molecule has 1 saturated heterocycles. The van der Waals surface area contributed by atoms with Crippen LogP contribution >= 0.6 is 0 Å². The highest BCUT2D eigenvalue weighted by Crippen LogP contribution is 2.46. The number of rotatable bonds is 14. The summed E-state index contributed by atoms with van der Waals surface area (Å²) in [5.41, 5.74) is 3.71. The van der Waals surface area contributed by atoms with Gasteiger partial charge in [-0.1, -0.05) is 42.5 Å². The number of unbranched alkanes of at least 4 members (excludes halogenated alkanes) is 2. The fraction of sp³-hybridized carbons (Fsp3) is 0.405. The minimum Gasteiger partial charge on any atom is -0.438 e. The maximum atomic E-state index is 13.6. The summed E-state index contributed by atoms with van der Waals surface area (Å²) < 4.78 is 1.60. The lowest BCUT2D eigenvalue weighted by molar-refractivity contribution is -0.140. The standard InChI is InChI=1S/C37H43B2N6O6/c1-24-29(26-11-7-5-8-12-26)18-31(35(49)44(24)14-15-46)42-34(48)28-17-27-19-37(20-32(27)40-22-28)30-16-25(21-41-33(30)43-36(37)50)10-6-3-4-9-13-45(38-23-47)39(2)51/h5-8,10-12,16-17,21-24,29,31,46,51H,3-4,9,13-15,18-20H2,1-2H3,(H,42,48)(H,41,43,50)/b10-6+/t24?,29?,31?,37-/m0/s1. The largest absolute Gasteiger partial charge is 0.438 e. The lowest BCUT2D eigenvalue weighted by atomic mass is 9.73. The molecule has 1 radical (unpaired) electrons. The van der Waals surface area contributed by atoms with Crippen LogP contribution in [-0.4, -0.2) is 99.9 Å². The third-order valence-electron chi connectivity index (χ3n) is 10.5. The molecule has 3 amide bonds. The molecule has 3 aromatic rings. The summed E-state index contributed by atoms with van der Waals surface area (Å²) in [5, 5.41) is 25.3. The van der Waals surface area contributed by atoms with Crippen molar-refractivity contribution in [3.05, 3.63) is 94.4 Å². The SMILES string of the molecule is CB(O)N([B]C=O)CCCC/C=C/c1cnc2c(c1)[C@@]1(Cc3cc(C(=O)NC4CC(c5ccccc5)C(C)N(CCO)C4=O)cnc3C1)C(=O)N2. The lowest BCUT2D eigenvalue weighted by Crippen LogP contribution is -2.58. The second-order valence-electron chi connectivity index (χ2n) is 13.7. The molecule has 2 aliphatic heterocycles. The lowest BCUT2D eigenvalue weighted by Gasteiger charge is -2.43. The van der Waals surface area contributed by atoms with Gasteiger partial charge >= 0.3 is 7.05 Å². The predicted molar refractivity (Wildman–Crippen MR) is 195 cm³/mol. The van der Waals surface area contributed by atoms with Crippen molar-refractivity contribution < 1.29 is 29.3 Å². The molecule has 263 valence electrons. The highest BCUT2D eigenvalue weighted by atomic mass is 16.3. The van der Waals surface area contributed by atoms with E-state index in [0.29, 0.717) is 43.4 Å². The van der Waals surface area contributed by atoms with E-state index in [9.17, 15) is 29.3 Å². The molecule has 3 unspecified atom stereocenters. The number of aromatic nitrogens is 2. The van der Waals surface area contributed by atoms with Crippen LogP contribution in [0.5, 0.6) is 0 Å². The van der Waals surface area contributed by atoms with Crippen molar-refractivity contribution in [2.45, 2.75) is 75.7 Å². The Balaban J connectivity index is 1.13. The Morgan fingerprint density at radius 3 is 2.73 bits per heavy atom. The molecule has 2 aromatic heterocycles. The molecular weight excluding hydrogens is 646 g/mol. The smallest absolute Gasteiger partial charge is 0.364 e. The Morgan fingerprint density at radius 2 is 1.98 bits per heavy atom. The number of aliphatic hydroxyl groups excluding tert-OH is 1. The van der Waals surface area contributed by atoms with E-state index in [2.05, 4.69) is 26.7 Å². The van der Waals surface area contributed by atoms with Crippen molar-refractivity contribution in [2.24, 2.45) is 0 Å². The fourth-order valence-electron chi connectivity index (χ4n) is 7.69. The maximum absolute atomic E-state index is 13.6. The van der Waals surface area contributed by atoms with Gasteiger partial charge in [0.25, 0.3) is 13.3 Å². The highest BCUT2D eigenvalue weighted by molar-refractivity contribution is 6.73. The summed E-state index contributed by atoms with van der Waals surface area (Å²) in [4.78, 5) is 62.2. The first-order valence-electron chi connectivity index (χ1n) is 17.6. The number of β-amino-alcohol motifs (C(OH)–C–C–N with tert-alkyl or cyclic N) is 1. The number of anilines is 1. The van der Waals surface area contributed by atoms with Crippen molar-refractivity contribution in [2.75, 3.05) is 25.0 Å². The van der Waals surface area contributed by atoms with E-state index in [1.54, 1.807) is 28.7 Å². The monoisotopic (exact) mass is 689 g/mol. The molecule has 1 aliphatic carbocycles. The second kappa shape index (κ2) is 15.7. The predicted octanol–water partition coefficient (Wildman–Crippen LogP) is 2.37. The normalized spacial score (nSPS) is 22.3. The third-order valence-corrected chi connectivity index (χ3v) is 10.5. The van der Waals surface area contributed by atoms with Crippen LogP contribution in [0.25, 0.3) is 6.08 Å². The van der Waals surface area contributed by atoms with E-state index in [1.165, 1.54) is 13.6 Å². The number of likely N-dealkylation sites (tertiary alicyclic amines) is 1. The van der Waals surface area contributed by atoms with Gasteiger partial charge in [-0.15, -0.1) is 0 Å². The van der Waals surface area contributed by atoms with Gasteiger partial charge in [0.05, 0.1) is 23.8 Å². The third kappa shape index (κ3) is 7.53. The van der Waals surface area contributed by atoms with Crippen LogP contribution in [0.3, 0.4) is 0 Å². The van der Waals surface area contributed by atoms with Gasteiger partial charge in [-0.2, -0.15) is 0 Å². The topological polar surface area (TPSA) is 165 Å². The molecule has 12 nitrogen and oxygen atoms in total. The van der Waals surface area contributed by atoms with Crippen LogP contribution in [0.1, 0.15) is 76.8 Å². The molecule has 51 heavy (non-hydrogen) atoms. The average molecular weight is 689 g/mol. The van der Waals surface area contributed by atoms with Gasteiger partial charge < -0.3 is 35.2 Å². The first-order valence-corrected chi connectivity index (χ1v) is 17.6. The molecule has 4 heterocycles. The number of aliphatic hydroxyl groups is 1. The summed E-state index contributed by atoms with van der Waals surface area (Å²) in [6.45, 7) is 4.18. The molecule has 4 atom stereocenters. The number of hydrogen-bond donors (Lipinski definition) is 4. The molecule has 0 bridgehead atoms. The summed E-state index contributed by atoms with van der Waals surface area (Å²) in [6, 6.07) is 12.7. The molecular formula is C37H43B2N6O6. The van der Waals surface area contributed by atoms with Crippen LogP contribution in [0.15, 0.2) is 60.9 Å². The number of nitrogens with one attached hydrogen (secondary N) is 2. The number of pyridine rings is 2. The highest BCUT2D eigenvalue weighted by Gasteiger charge is 2.52. The molecule has 14 heteroatoms. The van der Waals surface area contributed by atoms with Crippen LogP contribution < -0.4 is 10.6 Å². The van der Waals surface area contributed by atoms with E-state index in [1.807, 2.05) is 49.4 Å².